The third kappa shape index (κ3) is 4.92. The number of anilines is 5. The predicted octanol–water partition coefficient (Wildman–Crippen LogP) is 5.53. The summed E-state index contributed by atoms with van der Waals surface area (Å²) in [6, 6.07) is 9.97. The maximum atomic E-state index is 12.7. The number of carbonyl (C=O) groups excluding carboxylic acids is 1. The van der Waals surface area contributed by atoms with E-state index < -0.39 is 0 Å². The summed E-state index contributed by atoms with van der Waals surface area (Å²) >= 11 is 3.06. The highest BCUT2D eigenvalue weighted by molar-refractivity contribution is 7.22. The fourth-order valence-electron chi connectivity index (χ4n) is 3.97. The first-order chi connectivity index (χ1) is 17.0. The third-order valence-corrected chi connectivity index (χ3v) is 7.98. The maximum Gasteiger partial charge on any atom is 0.360 e. The van der Waals surface area contributed by atoms with E-state index in [2.05, 4.69) is 30.4 Å². The van der Waals surface area contributed by atoms with Crippen LogP contribution in [0, 0.1) is 6.92 Å². The summed E-state index contributed by atoms with van der Waals surface area (Å²) in [6.07, 6.45) is 3.43. The quantitative estimate of drug-likeness (QED) is 0.323. The van der Waals surface area contributed by atoms with Gasteiger partial charge in [-0.15, -0.1) is 10.2 Å². The Labute approximate surface area is 211 Å². The van der Waals surface area contributed by atoms with Crippen LogP contribution in [0.3, 0.4) is 0 Å². The second-order valence-corrected chi connectivity index (χ2v) is 10.3. The van der Waals surface area contributed by atoms with Gasteiger partial charge in [0.25, 0.3) is 0 Å². The van der Waals surface area contributed by atoms with Gasteiger partial charge in [-0.2, -0.15) is 0 Å². The second kappa shape index (κ2) is 10.1. The zero-order valence-corrected chi connectivity index (χ0v) is 21.6. The molecule has 0 saturated carbocycles. The van der Waals surface area contributed by atoms with Gasteiger partial charge in [0.2, 0.25) is 0 Å². The molecule has 1 aliphatic heterocycles. The summed E-state index contributed by atoms with van der Waals surface area (Å²) in [5.41, 5.74) is 2.26. The third-order valence-electron chi connectivity index (χ3n) is 5.83. The number of ether oxygens (including phenoxy) is 1. The Morgan fingerprint density at radius 1 is 1.14 bits per heavy atom. The van der Waals surface area contributed by atoms with E-state index in [1.165, 1.54) is 17.8 Å². The first-order valence-electron chi connectivity index (χ1n) is 11.7. The summed E-state index contributed by atoms with van der Waals surface area (Å²) in [5.74, 6) is 0.912. The van der Waals surface area contributed by atoms with E-state index in [4.69, 9.17) is 4.74 Å². The first kappa shape index (κ1) is 23.4. The Bertz CT molecular complexity index is 1310. The predicted molar refractivity (Wildman–Crippen MR) is 142 cm³/mol. The number of rotatable bonds is 7. The number of piperidine rings is 1. The van der Waals surface area contributed by atoms with Gasteiger partial charge in [-0.3, -0.25) is 0 Å². The van der Waals surface area contributed by atoms with Crippen molar-refractivity contribution in [2.75, 3.05) is 41.9 Å². The number of para-hydroxylation sites is 1. The molecule has 182 valence electrons. The average Bonchev–Trinajstić information content (AvgIpc) is 3.50. The van der Waals surface area contributed by atoms with Gasteiger partial charge in [0.05, 0.1) is 16.8 Å². The molecule has 0 radical (unpaired) electrons. The van der Waals surface area contributed by atoms with Crippen molar-refractivity contribution >= 4 is 65.8 Å². The van der Waals surface area contributed by atoms with Crippen LogP contribution >= 0.6 is 22.7 Å². The monoisotopic (exact) mass is 509 g/mol. The van der Waals surface area contributed by atoms with Crippen LogP contribution in [0.15, 0.2) is 30.3 Å². The molecule has 0 amide bonds. The van der Waals surface area contributed by atoms with E-state index in [1.54, 1.807) is 18.3 Å². The van der Waals surface area contributed by atoms with Crippen LogP contribution in [0.5, 0.6) is 0 Å². The van der Waals surface area contributed by atoms with Gasteiger partial charge in [0.15, 0.2) is 27.6 Å². The van der Waals surface area contributed by atoms with Crippen LogP contribution in [0.25, 0.3) is 10.2 Å². The smallest absolute Gasteiger partial charge is 0.360 e. The zero-order chi connectivity index (χ0) is 24.4. The molecule has 1 fully saturated rings. The highest BCUT2D eigenvalue weighted by Gasteiger charge is 2.27. The van der Waals surface area contributed by atoms with Gasteiger partial charge < -0.3 is 19.9 Å². The molecule has 11 heteroatoms. The Morgan fingerprint density at radius 2 is 1.94 bits per heavy atom. The molecular formula is C24H27N7O2S2. The molecule has 0 atom stereocenters. The molecular weight excluding hydrogens is 482 g/mol. The minimum Gasteiger partial charge on any atom is -0.461 e. The number of nitrogens with one attached hydrogen (secondary N) is 1. The molecule has 1 N–H and O–H groups in total. The Hall–Kier alpha value is -3.31. The lowest BCUT2D eigenvalue weighted by Crippen LogP contribution is -2.30. The molecule has 1 aromatic carbocycles. The molecule has 1 saturated heterocycles. The lowest BCUT2D eigenvalue weighted by molar-refractivity contribution is 0.0521. The van der Waals surface area contributed by atoms with Crippen molar-refractivity contribution in [1.82, 2.24) is 20.2 Å². The molecule has 4 aromatic rings. The van der Waals surface area contributed by atoms with Crippen molar-refractivity contribution in [2.45, 2.75) is 33.1 Å². The van der Waals surface area contributed by atoms with E-state index in [9.17, 15) is 4.79 Å². The van der Waals surface area contributed by atoms with Crippen molar-refractivity contribution in [3.8, 4) is 0 Å². The van der Waals surface area contributed by atoms with Crippen molar-refractivity contribution in [3.05, 3.63) is 41.6 Å². The van der Waals surface area contributed by atoms with Gasteiger partial charge in [0.1, 0.15) is 5.00 Å². The lowest BCUT2D eigenvalue weighted by Gasteiger charge is -2.27. The second-order valence-electron chi connectivity index (χ2n) is 8.32. The molecule has 4 heterocycles. The Balaban J connectivity index is 1.39. The molecule has 0 spiro atoms. The van der Waals surface area contributed by atoms with E-state index in [-0.39, 0.29) is 5.97 Å². The SMILES string of the molecule is CCOC(=O)c1nc(N(C)c2cc(C)c(Nc3nc4ccccc4s3)nn2)sc1N1CCCCC1. The van der Waals surface area contributed by atoms with Crippen molar-refractivity contribution in [2.24, 2.45) is 0 Å². The van der Waals surface area contributed by atoms with Crippen LogP contribution < -0.4 is 15.1 Å². The van der Waals surface area contributed by atoms with Gasteiger partial charge in [-0.05, 0) is 56.9 Å². The lowest BCUT2D eigenvalue weighted by atomic mass is 10.1. The number of aryl methyl sites for hydroxylation is 1. The van der Waals surface area contributed by atoms with E-state index >= 15 is 0 Å². The number of benzene rings is 1. The normalized spacial score (nSPS) is 13.7. The van der Waals surface area contributed by atoms with E-state index in [0.29, 0.717) is 29.1 Å². The maximum absolute atomic E-state index is 12.7. The van der Waals surface area contributed by atoms with Crippen molar-refractivity contribution in [3.63, 3.8) is 0 Å². The minimum atomic E-state index is -0.387. The minimum absolute atomic E-state index is 0.314. The number of thiazole rings is 2. The molecule has 1 aliphatic rings. The number of carbonyl (C=O) groups is 1. The first-order valence-corrected chi connectivity index (χ1v) is 13.3. The topological polar surface area (TPSA) is 96.4 Å². The van der Waals surface area contributed by atoms with Crippen molar-refractivity contribution < 1.29 is 9.53 Å². The molecule has 9 nitrogen and oxygen atoms in total. The summed E-state index contributed by atoms with van der Waals surface area (Å²) in [6.45, 7) is 5.94. The van der Waals surface area contributed by atoms with Gasteiger partial charge in [-0.1, -0.05) is 34.8 Å². The number of esters is 1. The summed E-state index contributed by atoms with van der Waals surface area (Å²) in [5, 5.41) is 14.4. The number of hydrogen-bond donors (Lipinski definition) is 1. The molecule has 5 rings (SSSR count). The van der Waals surface area contributed by atoms with Crippen LogP contribution in [0.4, 0.5) is 26.9 Å². The largest absolute Gasteiger partial charge is 0.461 e. The highest BCUT2D eigenvalue weighted by Crippen LogP contribution is 2.38. The van der Waals surface area contributed by atoms with Crippen LogP contribution in [0.2, 0.25) is 0 Å². The summed E-state index contributed by atoms with van der Waals surface area (Å²) in [7, 11) is 1.89. The number of aromatic nitrogens is 4. The fourth-order valence-corrected chi connectivity index (χ4v) is 5.91. The number of fused-ring (bicyclic) bond motifs is 1. The average molecular weight is 510 g/mol. The molecule has 0 unspecified atom stereocenters. The van der Waals surface area contributed by atoms with E-state index in [0.717, 1.165) is 51.8 Å². The fraction of sp³-hybridized carbons (Fsp3) is 0.375. The summed E-state index contributed by atoms with van der Waals surface area (Å²) < 4.78 is 6.40. The molecule has 0 bridgehead atoms. The number of hydrogen-bond acceptors (Lipinski definition) is 11. The van der Waals surface area contributed by atoms with Gasteiger partial charge in [-0.25, -0.2) is 14.8 Å². The van der Waals surface area contributed by atoms with Crippen LogP contribution in [-0.2, 0) is 4.74 Å². The van der Waals surface area contributed by atoms with E-state index in [1.807, 2.05) is 49.2 Å². The number of nitrogens with zero attached hydrogens (tertiary/aromatic N) is 6. The van der Waals surface area contributed by atoms with Crippen LogP contribution in [-0.4, -0.2) is 52.9 Å². The molecule has 3 aromatic heterocycles. The van der Waals surface area contributed by atoms with Crippen molar-refractivity contribution in [1.29, 1.82) is 0 Å². The Kier molecular flexibility index (Phi) is 6.78. The summed E-state index contributed by atoms with van der Waals surface area (Å²) in [4.78, 5) is 26.0. The standard InChI is InChI=1S/C24H27N7O2S2/c1-4-33-22(32)19-21(31-12-8-5-9-13-31)35-24(26-19)30(3)18-14-15(2)20(29-28-18)27-23-25-16-10-6-7-11-17(16)34-23/h6-7,10-11,14H,4-5,8-9,12-13H2,1-3H3,(H,25,27,29). The zero-order valence-electron chi connectivity index (χ0n) is 19.9. The van der Waals surface area contributed by atoms with Crippen LogP contribution in [0.1, 0.15) is 42.2 Å². The molecule has 0 aliphatic carbocycles. The van der Waals surface area contributed by atoms with Gasteiger partial charge >= 0.3 is 5.97 Å². The Morgan fingerprint density at radius 3 is 2.69 bits per heavy atom. The highest BCUT2D eigenvalue weighted by atomic mass is 32.1. The molecule has 35 heavy (non-hydrogen) atoms. The van der Waals surface area contributed by atoms with Gasteiger partial charge in [0, 0.05) is 20.1 Å².